The third kappa shape index (κ3) is 3.31. The summed E-state index contributed by atoms with van der Waals surface area (Å²) in [6.45, 7) is 4.68. The highest BCUT2D eigenvalue weighted by atomic mass is 32.2. The molecule has 0 fully saturated rings. The van der Waals surface area contributed by atoms with Gasteiger partial charge in [-0.15, -0.1) is 0 Å². The summed E-state index contributed by atoms with van der Waals surface area (Å²) in [6, 6.07) is 5.09. The Labute approximate surface area is 88.9 Å². The average molecular weight is 213 g/mol. The molecule has 0 saturated heterocycles. The van der Waals surface area contributed by atoms with Crippen molar-refractivity contribution in [1.29, 1.82) is 0 Å². The fourth-order valence-corrected chi connectivity index (χ4v) is 1.86. The molecule has 0 bridgehead atoms. The highest BCUT2D eigenvalue weighted by Gasteiger charge is 2.04. The second kappa shape index (κ2) is 5.37. The first kappa shape index (κ1) is 11.5. The Morgan fingerprint density at radius 2 is 2.14 bits per heavy atom. The highest BCUT2D eigenvalue weighted by Crippen LogP contribution is 2.20. The Balaban J connectivity index is 2.73. The molecular weight excluding hydrogens is 197 g/mol. The van der Waals surface area contributed by atoms with Crippen LogP contribution in [0, 0.1) is 5.82 Å². The Morgan fingerprint density at radius 1 is 1.43 bits per heavy atom. The molecule has 0 aliphatic rings. The van der Waals surface area contributed by atoms with Crippen LogP contribution in [0.4, 0.5) is 4.39 Å². The highest BCUT2D eigenvalue weighted by molar-refractivity contribution is 7.99. The van der Waals surface area contributed by atoms with E-state index < -0.39 is 0 Å². The van der Waals surface area contributed by atoms with E-state index in [1.54, 1.807) is 17.8 Å². The van der Waals surface area contributed by atoms with E-state index in [1.807, 2.05) is 6.07 Å². The van der Waals surface area contributed by atoms with E-state index in [0.717, 1.165) is 16.9 Å². The summed E-state index contributed by atoms with van der Waals surface area (Å²) >= 11 is 1.74. The Bertz CT molecular complexity index is 299. The lowest BCUT2D eigenvalue weighted by Gasteiger charge is -2.07. The van der Waals surface area contributed by atoms with E-state index >= 15 is 0 Å². The molecular formula is C11H16FNS. The van der Waals surface area contributed by atoms with Gasteiger partial charge in [-0.1, -0.05) is 26.0 Å². The van der Waals surface area contributed by atoms with Gasteiger partial charge in [0.15, 0.2) is 0 Å². The number of hydrogen-bond acceptors (Lipinski definition) is 2. The fraction of sp³-hybridized carbons (Fsp3) is 0.455. The van der Waals surface area contributed by atoms with Crippen LogP contribution in [0.5, 0.6) is 0 Å². The van der Waals surface area contributed by atoms with Crippen molar-refractivity contribution in [3.05, 3.63) is 35.1 Å². The Kier molecular flexibility index (Phi) is 4.42. The molecule has 3 heteroatoms. The SMILES string of the molecule is CC(C)SCc1cc(CN)ccc1F. The van der Waals surface area contributed by atoms with Crippen LogP contribution in [0.2, 0.25) is 0 Å². The van der Waals surface area contributed by atoms with Crippen LogP contribution >= 0.6 is 11.8 Å². The summed E-state index contributed by atoms with van der Waals surface area (Å²) in [4.78, 5) is 0. The van der Waals surface area contributed by atoms with Gasteiger partial charge in [0, 0.05) is 12.3 Å². The molecule has 0 aromatic heterocycles. The smallest absolute Gasteiger partial charge is 0.127 e. The minimum absolute atomic E-state index is 0.129. The summed E-state index contributed by atoms with van der Waals surface area (Å²) in [6.07, 6.45) is 0. The normalized spacial score (nSPS) is 10.9. The molecule has 0 amide bonds. The Morgan fingerprint density at radius 3 is 2.71 bits per heavy atom. The number of halogens is 1. The lowest BCUT2D eigenvalue weighted by atomic mass is 10.1. The zero-order valence-corrected chi connectivity index (χ0v) is 9.40. The fourth-order valence-electron chi connectivity index (χ4n) is 1.12. The van der Waals surface area contributed by atoms with Crippen LogP contribution in [0.15, 0.2) is 18.2 Å². The van der Waals surface area contributed by atoms with Crippen molar-refractivity contribution in [2.75, 3.05) is 0 Å². The monoisotopic (exact) mass is 213 g/mol. The number of benzene rings is 1. The van der Waals surface area contributed by atoms with Crippen molar-refractivity contribution in [3.63, 3.8) is 0 Å². The lowest BCUT2D eigenvalue weighted by Crippen LogP contribution is -1.99. The number of rotatable bonds is 4. The van der Waals surface area contributed by atoms with E-state index in [-0.39, 0.29) is 5.82 Å². The van der Waals surface area contributed by atoms with Crippen molar-refractivity contribution in [1.82, 2.24) is 0 Å². The van der Waals surface area contributed by atoms with E-state index in [4.69, 9.17) is 5.73 Å². The van der Waals surface area contributed by atoms with Crippen molar-refractivity contribution in [2.45, 2.75) is 31.4 Å². The number of hydrogen-bond donors (Lipinski definition) is 1. The quantitative estimate of drug-likeness (QED) is 0.832. The maximum absolute atomic E-state index is 13.3. The summed E-state index contributed by atoms with van der Waals surface area (Å²) in [5.41, 5.74) is 7.24. The minimum Gasteiger partial charge on any atom is -0.326 e. The van der Waals surface area contributed by atoms with Gasteiger partial charge >= 0.3 is 0 Å². The summed E-state index contributed by atoms with van der Waals surface area (Å²) in [7, 11) is 0. The van der Waals surface area contributed by atoms with Crippen LogP contribution < -0.4 is 5.73 Å². The van der Waals surface area contributed by atoms with Gasteiger partial charge in [-0.05, 0) is 22.4 Å². The average Bonchev–Trinajstić information content (AvgIpc) is 2.16. The molecule has 1 rings (SSSR count). The molecule has 0 saturated carbocycles. The third-order valence-electron chi connectivity index (χ3n) is 1.92. The van der Waals surface area contributed by atoms with E-state index in [2.05, 4.69) is 13.8 Å². The van der Waals surface area contributed by atoms with Gasteiger partial charge in [-0.3, -0.25) is 0 Å². The molecule has 1 aromatic rings. The molecule has 0 spiro atoms. The summed E-state index contributed by atoms with van der Waals surface area (Å²) < 4.78 is 13.3. The Hall–Kier alpha value is -0.540. The van der Waals surface area contributed by atoms with E-state index in [9.17, 15) is 4.39 Å². The molecule has 2 N–H and O–H groups in total. The zero-order valence-electron chi connectivity index (χ0n) is 8.59. The minimum atomic E-state index is -0.129. The first-order valence-electron chi connectivity index (χ1n) is 4.72. The second-order valence-corrected chi connectivity index (χ2v) is 5.05. The standard InChI is InChI=1S/C11H16FNS/c1-8(2)14-7-10-5-9(6-13)3-4-11(10)12/h3-5,8H,6-7,13H2,1-2H3. The van der Waals surface area contributed by atoms with Crippen LogP contribution in [-0.2, 0) is 12.3 Å². The van der Waals surface area contributed by atoms with Gasteiger partial charge < -0.3 is 5.73 Å². The molecule has 0 radical (unpaired) electrons. The molecule has 0 unspecified atom stereocenters. The van der Waals surface area contributed by atoms with Gasteiger partial charge in [-0.2, -0.15) is 11.8 Å². The number of thioether (sulfide) groups is 1. The molecule has 78 valence electrons. The first-order chi connectivity index (χ1) is 6.63. The third-order valence-corrected chi connectivity index (χ3v) is 3.06. The van der Waals surface area contributed by atoms with Crippen LogP contribution in [-0.4, -0.2) is 5.25 Å². The second-order valence-electron chi connectivity index (χ2n) is 3.49. The van der Waals surface area contributed by atoms with Crippen molar-refractivity contribution >= 4 is 11.8 Å². The van der Waals surface area contributed by atoms with Crippen molar-refractivity contribution in [3.8, 4) is 0 Å². The number of nitrogens with two attached hydrogens (primary N) is 1. The maximum Gasteiger partial charge on any atom is 0.127 e. The molecule has 0 heterocycles. The van der Waals surface area contributed by atoms with Gasteiger partial charge in [0.1, 0.15) is 5.82 Å². The van der Waals surface area contributed by atoms with E-state index in [0.29, 0.717) is 11.8 Å². The molecule has 1 aromatic carbocycles. The van der Waals surface area contributed by atoms with Crippen LogP contribution in [0.3, 0.4) is 0 Å². The van der Waals surface area contributed by atoms with Crippen LogP contribution in [0.1, 0.15) is 25.0 Å². The maximum atomic E-state index is 13.3. The van der Waals surface area contributed by atoms with Gasteiger partial charge in [0.2, 0.25) is 0 Å². The largest absolute Gasteiger partial charge is 0.326 e. The van der Waals surface area contributed by atoms with Crippen LogP contribution in [0.25, 0.3) is 0 Å². The molecule has 0 aliphatic heterocycles. The van der Waals surface area contributed by atoms with E-state index in [1.165, 1.54) is 6.07 Å². The molecule has 1 nitrogen and oxygen atoms in total. The van der Waals surface area contributed by atoms with Gasteiger partial charge in [-0.25, -0.2) is 4.39 Å². The molecule has 0 aliphatic carbocycles. The summed E-state index contributed by atoms with van der Waals surface area (Å²) in [5.74, 6) is 0.590. The lowest BCUT2D eigenvalue weighted by molar-refractivity contribution is 0.616. The zero-order chi connectivity index (χ0) is 10.6. The predicted molar refractivity (Wildman–Crippen MR) is 60.7 cm³/mol. The van der Waals surface area contributed by atoms with Crippen molar-refractivity contribution < 1.29 is 4.39 Å². The van der Waals surface area contributed by atoms with Gasteiger partial charge in [0.25, 0.3) is 0 Å². The summed E-state index contributed by atoms with van der Waals surface area (Å²) in [5, 5.41) is 0.524. The predicted octanol–water partition coefficient (Wildman–Crippen LogP) is 2.93. The van der Waals surface area contributed by atoms with Gasteiger partial charge in [0.05, 0.1) is 0 Å². The first-order valence-corrected chi connectivity index (χ1v) is 5.77. The molecule has 14 heavy (non-hydrogen) atoms. The topological polar surface area (TPSA) is 26.0 Å². The molecule has 0 atom stereocenters. The van der Waals surface area contributed by atoms with Crippen molar-refractivity contribution in [2.24, 2.45) is 5.73 Å².